The molecule has 38 heteroatoms. The summed E-state index contributed by atoms with van der Waals surface area (Å²) in [6.45, 7) is 25.2. The third-order valence-corrected chi connectivity index (χ3v) is 25.2. The number of carbonyl (C=O) groups excluding carboxylic acids is 11. The van der Waals surface area contributed by atoms with E-state index in [0.717, 1.165) is 51.4 Å². The third-order valence-electron chi connectivity index (χ3n) is 25.2. The number of aliphatic hydroxyl groups is 1. The minimum atomic E-state index is -1.28. The Hall–Kier alpha value is -15.7. The Morgan fingerprint density at radius 1 is 0.422 bits per heavy atom. The van der Waals surface area contributed by atoms with Crippen molar-refractivity contribution in [2.75, 3.05) is 60.0 Å². The quantitative estimate of drug-likeness (QED) is 0.00320. The van der Waals surface area contributed by atoms with Crippen molar-refractivity contribution in [2.24, 2.45) is 70.3 Å². The van der Waals surface area contributed by atoms with Gasteiger partial charge in [0.2, 0.25) is 20.4 Å². The highest BCUT2D eigenvalue weighted by Crippen LogP contribution is 2.40. The number of anilines is 1. The average molecular weight is 2060 g/mol. The van der Waals surface area contributed by atoms with Gasteiger partial charge in [-0.3, -0.25) is 54.6 Å². The molecule has 0 aliphatic heterocycles. The molecule has 6 atom stereocenters. The fraction of sp³-hybridized carbons (Fsp3) is 0.339. The number of rotatable bonds is 46. The molecule has 3 aromatic heterocycles. The van der Waals surface area contributed by atoms with Gasteiger partial charge in [-0.25, -0.2) is 34.1 Å². The molecule has 147 heavy (non-hydrogen) atoms. The second-order valence-electron chi connectivity index (χ2n) is 35.4. The lowest BCUT2D eigenvalue weighted by molar-refractivity contribution is -0.159. The van der Waals surface area contributed by atoms with E-state index in [1.54, 1.807) is 130 Å². The Morgan fingerprint density at radius 3 is 1.01 bits per heavy atom. The zero-order valence-corrected chi connectivity index (χ0v) is 85.4. The fourth-order valence-corrected chi connectivity index (χ4v) is 14.5. The van der Waals surface area contributed by atoms with Gasteiger partial charge in [-0.2, -0.15) is 0 Å². The molecular weight excluding hydrogens is 1930 g/mol. The largest absolute Gasteiger partial charge is 0.496 e. The van der Waals surface area contributed by atoms with Gasteiger partial charge >= 0.3 is 41.8 Å². The molecule has 3 aliphatic rings. The molecule has 0 unspecified atom stereocenters. The molecular formula is C109H128Cl2N14O22. The number of hydrogen-bond donors (Lipinski definition) is 13. The van der Waals surface area contributed by atoms with Crippen molar-refractivity contribution >= 4 is 137 Å². The second-order valence-corrected chi connectivity index (χ2v) is 35.4. The number of nitrogen functional groups attached to an aromatic ring is 4. The summed E-state index contributed by atoms with van der Waals surface area (Å²) in [5.74, 6) is -6.90. The predicted octanol–water partition coefficient (Wildman–Crippen LogP) is 15.3. The van der Waals surface area contributed by atoms with E-state index in [1.165, 1.54) is 68.8 Å². The van der Waals surface area contributed by atoms with Crippen LogP contribution < -0.4 is 54.1 Å². The number of aromatic carboxylic acids is 1. The van der Waals surface area contributed by atoms with Crippen LogP contribution >= 0.6 is 24.8 Å². The SMILES string of the molecule is C=Cc1cc(C(=O)Cc2ccc(C(=N)N)cc2)c(-c2ccc(C(=O)NCC3CC3)nc2C(=O)OCOC(=O)[C@@H](C)[C@@H](C)CC)cc1OC.C=Cc1cc(C(=O)Cc2ccc(C(=N)N)cc2)c(-c2ccc(C(=O)NCC3CC3)nc2C(=O)OCOC(=O)[C@@H](N)[C@@H](C)CC)cc1OC.C=Cc1cc(C(=O)O)c(-c2ccc(C(=O)NCC3CC3)nc2C(=O)OCOC(=O)[C@@H](C)[C@@H](C)CC)cc1CO.Cl.Cl.N=C(N)c1ccc(N)cc1. The molecule has 780 valence electrons. The van der Waals surface area contributed by atoms with Crippen molar-refractivity contribution in [3.63, 3.8) is 0 Å². The van der Waals surface area contributed by atoms with Gasteiger partial charge in [0.1, 0.15) is 52.1 Å². The van der Waals surface area contributed by atoms with Crippen LogP contribution in [0, 0.1) is 63.6 Å². The molecule has 0 spiro atoms. The molecule has 3 saturated carbocycles. The maximum absolute atomic E-state index is 13.9. The summed E-state index contributed by atoms with van der Waals surface area (Å²) in [7, 11) is 2.93. The molecule has 0 radical (unpaired) electrons. The number of carboxylic acids is 1. The number of Topliss-reactive ketones (excluding diaryl/α,β-unsaturated/α-hetero) is 2. The first-order valence-electron chi connectivity index (χ1n) is 47.4. The number of nitrogens with zero attached hydrogens (tertiary/aromatic N) is 3. The number of methoxy groups -OCH3 is 2. The Balaban J connectivity index is 0.000000284. The summed E-state index contributed by atoms with van der Waals surface area (Å²) in [4.78, 5) is 169. The Kier molecular flexibility index (Phi) is 45.5. The lowest BCUT2D eigenvalue weighted by Gasteiger charge is -2.18. The van der Waals surface area contributed by atoms with Crippen LogP contribution in [-0.2, 0) is 62.3 Å². The molecule has 6 aromatic carbocycles. The molecule has 0 bridgehead atoms. The van der Waals surface area contributed by atoms with Crippen LogP contribution in [0.4, 0.5) is 5.69 Å². The first-order valence-corrected chi connectivity index (χ1v) is 47.4. The van der Waals surface area contributed by atoms with Crippen molar-refractivity contribution in [1.29, 1.82) is 16.2 Å². The number of hydrogen-bond acceptors (Lipinski definition) is 29. The number of benzene rings is 6. The van der Waals surface area contributed by atoms with E-state index in [-0.39, 0.29) is 158 Å². The van der Waals surface area contributed by atoms with Gasteiger partial charge in [0.05, 0.1) is 38.2 Å². The Bertz CT molecular complexity index is 6090. The molecule has 3 amide bonds. The van der Waals surface area contributed by atoms with Gasteiger partial charge in [-0.05, 0) is 210 Å². The molecule has 3 fully saturated rings. The maximum Gasteiger partial charge on any atom is 0.360 e. The third kappa shape index (κ3) is 33.4. The number of amidine groups is 3. The van der Waals surface area contributed by atoms with Crippen LogP contribution in [0.5, 0.6) is 11.5 Å². The molecule has 12 rings (SSSR count). The highest BCUT2D eigenvalue weighted by molar-refractivity contribution is 6.10. The van der Waals surface area contributed by atoms with Crippen molar-refractivity contribution in [2.45, 2.75) is 139 Å². The highest BCUT2D eigenvalue weighted by atomic mass is 35.5. The summed E-state index contributed by atoms with van der Waals surface area (Å²) < 4.78 is 42.5. The fourth-order valence-electron chi connectivity index (χ4n) is 14.5. The van der Waals surface area contributed by atoms with Gasteiger partial charge in [-0.1, -0.05) is 161 Å². The van der Waals surface area contributed by atoms with Crippen LogP contribution in [0.25, 0.3) is 51.6 Å². The molecule has 36 nitrogen and oxygen atoms in total. The van der Waals surface area contributed by atoms with Crippen LogP contribution in [0.2, 0.25) is 0 Å². The van der Waals surface area contributed by atoms with Gasteiger partial charge in [0, 0.05) is 93.8 Å². The van der Waals surface area contributed by atoms with E-state index in [4.69, 9.17) is 82.8 Å². The van der Waals surface area contributed by atoms with E-state index in [1.807, 2.05) is 34.6 Å². The summed E-state index contributed by atoms with van der Waals surface area (Å²) >= 11 is 0. The molecule has 9 aromatic rings. The van der Waals surface area contributed by atoms with Gasteiger partial charge in [0.15, 0.2) is 28.6 Å². The number of pyridine rings is 3. The average Bonchev–Trinajstić information content (AvgIpc) is 1.38. The van der Waals surface area contributed by atoms with Crippen LogP contribution in [0.15, 0.2) is 165 Å². The van der Waals surface area contributed by atoms with Gasteiger partial charge in [-0.15, -0.1) is 24.8 Å². The number of aromatic nitrogens is 3. The number of carbonyl (C=O) groups is 12. The van der Waals surface area contributed by atoms with Gasteiger partial charge < -0.3 is 92.7 Å². The van der Waals surface area contributed by atoms with E-state index in [9.17, 15) is 67.7 Å². The number of halogens is 2. The minimum absolute atomic E-state index is 0. The topological polar surface area (TPSA) is 596 Å². The zero-order valence-electron chi connectivity index (χ0n) is 83.7. The number of ether oxygens (including phenoxy) is 8. The van der Waals surface area contributed by atoms with E-state index < -0.39 is 104 Å². The van der Waals surface area contributed by atoms with Crippen LogP contribution in [-0.4, -0.2) is 174 Å². The van der Waals surface area contributed by atoms with E-state index >= 15 is 0 Å². The smallest absolute Gasteiger partial charge is 0.360 e. The number of nitrogens with one attached hydrogen (secondary N) is 6. The second kappa shape index (κ2) is 56.6. The first kappa shape index (κ1) is 118. The molecule has 18 N–H and O–H groups in total. The standard InChI is InChI=1S/C37H42N4O7.C36H41N5O7.C29H34N2O8.C7H9N3.2ClH/c1-6-21(3)22(4)36(44)47-20-48-37(45)33-27(14-15-30(41-33)35(43)40-19-24-8-9-24)28-18-32(46-5)25(7-2)17-29(28)31(42)16-23-10-12-26(13-11-23)34(38)39;1-5-20(3)31(37)35(44)47-19-48-36(45)32-25(13-14-28(41-32)34(43)40-18-22-7-8-22)26-17-30(46-4)23(6-2)16-27(26)29(42)15-21-9-11-24(12-10-21)33(38)39;1-5-16(3)17(4)28(36)38-15-39-29(37)25-21(9-10-24(31-25)26(33)30-13-18-7-8-18)22-12-20(14-32)19(6-2)11-23(22)27(34)35;8-6-3-1-5(2-4-6)7(9)10;;/h7,10-15,17-18,21-22,24H,2,6,8-9,16,19-20H2,1,3-5H3,(H3,38,39)(H,40,43);6,9-14,16-17,20,22,31H,2,5,7-8,15,18-19,37H2,1,3-4H3,(H3,38,39)(H,40,43);6,9-12,16-18,32H,2,5,7-8,13-15H2,1,3-4H3,(H,30,33)(H,34,35);1-4H,8H2,(H3,9,10);2*1H/t21-,22-;20-,31-;16-,17-;;;/m000.../s1. The molecule has 3 aliphatic carbocycles. The van der Waals surface area contributed by atoms with Crippen molar-refractivity contribution in [3.05, 3.63) is 266 Å². The van der Waals surface area contributed by atoms with Gasteiger partial charge in [0.25, 0.3) is 17.7 Å². The van der Waals surface area contributed by atoms with Crippen LogP contribution in [0.3, 0.4) is 0 Å². The predicted molar refractivity (Wildman–Crippen MR) is 562 cm³/mol. The summed E-state index contributed by atoms with van der Waals surface area (Å²) in [5.41, 5.74) is 33.9. The minimum Gasteiger partial charge on any atom is -0.496 e. The van der Waals surface area contributed by atoms with Crippen molar-refractivity contribution in [1.82, 2.24) is 30.9 Å². The summed E-state index contributed by atoms with van der Waals surface area (Å²) in [6, 6.07) is 37.4. The summed E-state index contributed by atoms with van der Waals surface area (Å²) in [6.07, 6.45) is 12.9. The molecule has 3 heterocycles. The number of aliphatic hydroxyl groups excluding tert-OH is 1. The number of esters is 6. The van der Waals surface area contributed by atoms with Crippen LogP contribution in [0.1, 0.15) is 257 Å². The first-order chi connectivity index (χ1) is 69.2. The Labute approximate surface area is 865 Å². The van der Waals surface area contributed by atoms with E-state index in [0.29, 0.717) is 122 Å². The highest BCUT2D eigenvalue weighted by Gasteiger charge is 2.34. The monoisotopic (exact) mass is 2050 g/mol. The van der Waals surface area contributed by atoms with Crippen molar-refractivity contribution < 1.29 is 106 Å². The number of ketones is 2. The van der Waals surface area contributed by atoms with Crippen molar-refractivity contribution in [3.8, 4) is 44.9 Å². The number of carboxylic acid groups (broad SMARTS) is 1. The molecule has 0 saturated heterocycles. The zero-order chi connectivity index (χ0) is 106. The lowest BCUT2D eigenvalue weighted by atomic mass is 9.90. The number of nitrogens with two attached hydrogens (primary N) is 5. The summed E-state index contributed by atoms with van der Waals surface area (Å²) in [5, 5.41) is 50.4. The van der Waals surface area contributed by atoms with E-state index in [2.05, 4.69) is 50.6 Å². The Morgan fingerprint density at radius 2 is 0.728 bits per heavy atom. The normalized spacial score (nSPS) is 13.2. The number of amides is 3. The maximum atomic E-state index is 13.9. The lowest BCUT2D eigenvalue weighted by Crippen LogP contribution is -2.38.